The van der Waals surface area contributed by atoms with Crippen molar-refractivity contribution in [3.8, 4) is 0 Å². The van der Waals surface area contributed by atoms with Crippen molar-refractivity contribution < 1.29 is 9.15 Å². The summed E-state index contributed by atoms with van der Waals surface area (Å²) < 4.78 is 11.4. The van der Waals surface area contributed by atoms with Crippen LogP contribution in [0.2, 0.25) is 0 Å². The molecular weight excluding hydrogens is 226 g/mol. The Morgan fingerprint density at radius 2 is 1.83 bits per heavy atom. The van der Waals surface area contributed by atoms with Crippen LogP contribution in [0, 0.1) is 13.8 Å². The number of aryl methyl sites for hydroxylation is 2. The Morgan fingerprint density at radius 1 is 1.22 bits per heavy atom. The topological polar surface area (TPSA) is 34.4 Å². The lowest BCUT2D eigenvalue weighted by Crippen LogP contribution is -2.42. The molecule has 3 atom stereocenters. The van der Waals surface area contributed by atoms with Gasteiger partial charge in [-0.3, -0.25) is 0 Å². The minimum Gasteiger partial charge on any atom is -0.466 e. The van der Waals surface area contributed by atoms with Crippen LogP contribution in [0.15, 0.2) is 10.5 Å². The monoisotopic (exact) mass is 251 g/mol. The molecule has 0 saturated carbocycles. The van der Waals surface area contributed by atoms with Gasteiger partial charge in [-0.15, -0.1) is 0 Å². The van der Waals surface area contributed by atoms with E-state index >= 15 is 0 Å². The van der Waals surface area contributed by atoms with Crippen LogP contribution in [0.25, 0.3) is 0 Å². The van der Waals surface area contributed by atoms with Crippen LogP contribution in [0.4, 0.5) is 0 Å². The van der Waals surface area contributed by atoms with E-state index in [1.165, 1.54) is 5.56 Å². The van der Waals surface area contributed by atoms with Crippen molar-refractivity contribution in [1.82, 2.24) is 5.32 Å². The number of furan rings is 1. The lowest BCUT2D eigenvalue weighted by atomic mass is 9.98. The normalized spacial score (nSPS) is 30.4. The molecule has 1 aromatic rings. The fourth-order valence-electron chi connectivity index (χ4n) is 3.07. The highest BCUT2D eigenvalue weighted by molar-refractivity contribution is 5.23. The van der Waals surface area contributed by atoms with E-state index in [1.807, 2.05) is 13.8 Å². The van der Waals surface area contributed by atoms with Gasteiger partial charge in [-0.2, -0.15) is 0 Å². The third-order valence-corrected chi connectivity index (χ3v) is 3.73. The Labute approximate surface area is 110 Å². The second-order valence-corrected chi connectivity index (χ2v) is 5.68. The van der Waals surface area contributed by atoms with Crippen molar-refractivity contribution >= 4 is 0 Å². The Kier molecular flexibility index (Phi) is 4.13. The van der Waals surface area contributed by atoms with Gasteiger partial charge < -0.3 is 14.5 Å². The predicted octanol–water partition coefficient (Wildman–Crippen LogP) is 3.50. The zero-order valence-corrected chi connectivity index (χ0v) is 12.1. The zero-order valence-electron chi connectivity index (χ0n) is 12.1. The standard InChI is InChI=1S/C15H25NO2/c1-9-6-14(7-10(2)17-9)16-12(4)15-8-11(3)18-13(15)5/h8-10,12,14,16H,6-7H2,1-5H3. The first-order valence-corrected chi connectivity index (χ1v) is 6.94. The van der Waals surface area contributed by atoms with Gasteiger partial charge in [0.15, 0.2) is 0 Å². The first kappa shape index (κ1) is 13.6. The molecule has 0 bridgehead atoms. The first-order valence-electron chi connectivity index (χ1n) is 6.94. The van der Waals surface area contributed by atoms with E-state index in [4.69, 9.17) is 9.15 Å². The Hall–Kier alpha value is -0.800. The van der Waals surface area contributed by atoms with E-state index in [9.17, 15) is 0 Å². The molecule has 3 heteroatoms. The van der Waals surface area contributed by atoms with Crippen LogP contribution >= 0.6 is 0 Å². The predicted molar refractivity (Wildman–Crippen MR) is 72.8 cm³/mol. The van der Waals surface area contributed by atoms with Crippen molar-refractivity contribution in [2.24, 2.45) is 0 Å². The average molecular weight is 251 g/mol. The summed E-state index contributed by atoms with van der Waals surface area (Å²) in [6, 6.07) is 3.01. The number of hydrogen-bond acceptors (Lipinski definition) is 3. The van der Waals surface area contributed by atoms with E-state index in [-0.39, 0.29) is 0 Å². The van der Waals surface area contributed by atoms with Crippen LogP contribution in [0.5, 0.6) is 0 Å². The van der Waals surface area contributed by atoms with Gasteiger partial charge in [-0.1, -0.05) is 0 Å². The molecule has 1 aliphatic heterocycles. The molecule has 1 aliphatic rings. The van der Waals surface area contributed by atoms with Gasteiger partial charge >= 0.3 is 0 Å². The summed E-state index contributed by atoms with van der Waals surface area (Å²) in [5.74, 6) is 2.02. The fourth-order valence-corrected chi connectivity index (χ4v) is 3.07. The van der Waals surface area contributed by atoms with Crippen molar-refractivity contribution in [2.45, 2.75) is 71.8 Å². The Morgan fingerprint density at radius 3 is 2.33 bits per heavy atom. The molecule has 0 spiro atoms. The Balaban J connectivity index is 1.98. The third-order valence-electron chi connectivity index (χ3n) is 3.73. The van der Waals surface area contributed by atoms with Crippen molar-refractivity contribution in [3.63, 3.8) is 0 Å². The summed E-state index contributed by atoms with van der Waals surface area (Å²) in [4.78, 5) is 0. The summed E-state index contributed by atoms with van der Waals surface area (Å²) in [6.45, 7) is 10.6. The molecule has 18 heavy (non-hydrogen) atoms. The molecule has 2 rings (SSSR count). The molecule has 1 aromatic heterocycles. The largest absolute Gasteiger partial charge is 0.466 e. The highest BCUT2D eigenvalue weighted by Gasteiger charge is 2.26. The molecule has 1 fully saturated rings. The number of hydrogen-bond donors (Lipinski definition) is 1. The SMILES string of the molecule is Cc1cc(C(C)NC2CC(C)OC(C)C2)c(C)o1. The fraction of sp³-hybridized carbons (Fsp3) is 0.733. The average Bonchev–Trinajstić information content (AvgIpc) is 2.56. The van der Waals surface area contributed by atoms with Gasteiger partial charge in [0.05, 0.1) is 12.2 Å². The summed E-state index contributed by atoms with van der Waals surface area (Å²) >= 11 is 0. The molecular formula is C15H25NO2. The molecule has 102 valence electrons. The van der Waals surface area contributed by atoms with E-state index in [0.29, 0.717) is 24.3 Å². The highest BCUT2D eigenvalue weighted by Crippen LogP contribution is 2.25. The summed E-state index contributed by atoms with van der Waals surface area (Å²) in [6.07, 6.45) is 2.88. The van der Waals surface area contributed by atoms with Crippen molar-refractivity contribution in [2.75, 3.05) is 0 Å². The molecule has 0 amide bonds. The zero-order chi connectivity index (χ0) is 13.3. The van der Waals surface area contributed by atoms with Gasteiger partial charge in [0.25, 0.3) is 0 Å². The molecule has 2 heterocycles. The summed E-state index contributed by atoms with van der Waals surface area (Å²) in [5, 5.41) is 3.71. The third kappa shape index (κ3) is 3.15. The van der Waals surface area contributed by atoms with Crippen LogP contribution in [-0.2, 0) is 4.74 Å². The number of rotatable bonds is 3. The number of nitrogens with one attached hydrogen (secondary N) is 1. The van der Waals surface area contributed by atoms with Crippen LogP contribution in [0.3, 0.4) is 0 Å². The quantitative estimate of drug-likeness (QED) is 0.892. The van der Waals surface area contributed by atoms with Gasteiger partial charge in [-0.25, -0.2) is 0 Å². The first-order chi connectivity index (χ1) is 8.45. The maximum Gasteiger partial charge on any atom is 0.105 e. The van der Waals surface area contributed by atoms with Gasteiger partial charge in [0.2, 0.25) is 0 Å². The van der Waals surface area contributed by atoms with Gasteiger partial charge in [0, 0.05) is 17.6 Å². The summed E-state index contributed by atoms with van der Waals surface area (Å²) in [7, 11) is 0. The van der Waals surface area contributed by atoms with Crippen molar-refractivity contribution in [1.29, 1.82) is 0 Å². The second kappa shape index (κ2) is 5.45. The van der Waals surface area contributed by atoms with E-state index in [0.717, 1.165) is 24.4 Å². The maximum atomic E-state index is 5.77. The van der Waals surface area contributed by atoms with Crippen molar-refractivity contribution in [3.05, 3.63) is 23.2 Å². The molecule has 0 radical (unpaired) electrons. The van der Waals surface area contributed by atoms with Crippen LogP contribution < -0.4 is 5.32 Å². The molecule has 0 aliphatic carbocycles. The molecule has 1 saturated heterocycles. The van der Waals surface area contributed by atoms with E-state index < -0.39 is 0 Å². The molecule has 0 aromatic carbocycles. The van der Waals surface area contributed by atoms with Crippen LogP contribution in [-0.4, -0.2) is 18.2 Å². The lowest BCUT2D eigenvalue weighted by Gasteiger charge is -2.34. The minimum atomic E-state index is 0.338. The maximum absolute atomic E-state index is 5.77. The van der Waals surface area contributed by atoms with Gasteiger partial charge in [0.1, 0.15) is 11.5 Å². The molecule has 3 nitrogen and oxygen atoms in total. The summed E-state index contributed by atoms with van der Waals surface area (Å²) in [5.41, 5.74) is 1.28. The van der Waals surface area contributed by atoms with E-state index in [2.05, 4.69) is 32.2 Å². The minimum absolute atomic E-state index is 0.338. The van der Waals surface area contributed by atoms with E-state index in [1.54, 1.807) is 0 Å². The van der Waals surface area contributed by atoms with Crippen LogP contribution in [0.1, 0.15) is 56.7 Å². The number of ether oxygens (including phenoxy) is 1. The highest BCUT2D eigenvalue weighted by atomic mass is 16.5. The second-order valence-electron chi connectivity index (χ2n) is 5.68. The Bertz CT molecular complexity index is 389. The van der Waals surface area contributed by atoms with Gasteiger partial charge in [-0.05, 0) is 53.5 Å². The lowest BCUT2D eigenvalue weighted by molar-refractivity contribution is -0.0433. The molecule has 3 unspecified atom stereocenters. The smallest absolute Gasteiger partial charge is 0.105 e. The molecule has 1 N–H and O–H groups in total.